The van der Waals surface area contributed by atoms with Crippen LogP contribution in [0.1, 0.15) is 43.7 Å². The highest BCUT2D eigenvalue weighted by atomic mass is 15.3. The first-order chi connectivity index (χ1) is 10.3. The van der Waals surface area contributed by atoms with Gasteiger partial charge in [-0.3, -0.25) is 4.90 Å². The fraction of sp³-hybridized carbons (Fsp3) is 0.684. The van der Waals surface area contributed by atoms with E-state index in [2.05, 4.69) is 41.4 Å². The molecule has 0 amide bonds. The van der Waals surface area contributed by atoms with Crippen molar-refractivity contribution in [1.82, 2.24) is 10.2 Å². The summed E-state index contributed by atoms with van der Waals surface area (Å²) in [6, 6.07) is 11.4. The van der Waals surface area contributed by atoms with E-state index in [1.807, 2.05) is 0 Å². The lowest BCUT2D eigenvalue weighted by Gasteiger charge is -2.46. The molecule has 2 heteroatoms. The van der Waals surface area contributed by atoms with Gasteiger partial charge >= 0.3 is 0 Å². The van der Waals surface area contributed by atoms with Crippen molar-refractivity contribution in [3.8, 4) is 0 Å². The van der Waals surface area contributed by atoms with Gasteiger partial charge in [-0.2, -0.15) is 0 Å². The number of benzene rings is 1. The van der Waals surface area contributed by atoms with E-state index in [4.69, 9.17) is 0 Å². The van der Waals surface area contributed by atoms with Crippen molar-refractivity contribution < 1.29 is 0 Å². The molecular weight excluding hydrogens is 256 g/mol. The second-order valence-electron chi connectivity index (χ2n) is 7.28. The Morgan fingerprint density at radius 1 is 1.14 bits per heavy atom. The third-order valence-electron chi connectivity index (χ3n) is 5.94. The molecule has 2 fully saturated rings. The van der Waals surface area contributed by atoms with Crippen LogP contribution in [0.3, 0.4) is 0 Å². The first kappa shape index (κ1) is 13.8. The zero-order valence-corrected chi connectivity index (χ0v) is 13.2. The molecule has 0 aromatic heterocycles. The summed E-state index contributed by atoms with van der Waals surface area (Å²) in [4.78, 5) is 2.87. The summed E-state index contributed by atoms with van der Waals surface area (Å²) in [6.07, 6.45) is 8.08. The number of nitrogens with one attached hydrogen (secondary N) is 1. The summed E-state index contributed by atoms with van der Waals surface area (Å²) >= 11 is 0. The van der Waals surface area contributed by atoms with Gasteiger partial charge in [0.2, 0.25) is 0 Å². The minimum Gasteiger partial charge on any atom is -0.311 e. The first-order valence-corrected chi connectivity index (χ1v) is 8.91. The van der Waals surface area contributed by atoms with E-state index in [9.17, 15) is 0 Å². The van der Waals surface area contributed by atoms with Gasteiger partial charge in [0, 0.05) is 31.2 Å². The maximum absolute atomic E-state index is 3.83. The zero-order chi connectivity index (χ0) is 14.2. The molecule has 3 unspecified atom stereocenters. The normalized spacial score (nSPS) is 33.7. The predicted molar refractivity (Wildman–Crippen MR) is 87.6 cm³/mol. The summed E-state index contributed by atoms with van der Waals surface area (Å²) < 4.78 is 0. The topological polar surface area (TPSA) is 15.3 Å². The van der Waals surface area contributed by atoms with Crippen molar-refractivity contribution in [2.45, 2.75) is 63.6 Å². The van der Waals surface area contributed by atoms with Gasteiger partial charge in [-0.15, -0.1) is 0 Å². The lowest BCUT2D eigenvalue weighted by molar-refractivity contribution is 0.0661. The molecule has 1 aromatic rings. The second-order valence-corrected chi connectivity index (χ2v) is 7.28. The van der Waals surface area contributed by atoms with Crippen molar-refractivity contribution >= 4 is 0 Å². The molecule has 1 saturated carbocycles. The van der Waals surface area contributed by atoms with Crippen LogP contribution in [-0.2, 0) is 12.8 Å². The van der Waals surface area contributed by atoms with Crippen LogP contribution in [0.25, 0.3) is 0 Å². The molecule has 2 aliphatic carbocycles. The monoisotopic (exact) mass is 284 g/mol. The largest absolute Gasteiger partial charge is 0.311 e. The third-order valence-corrected chi connectivity index (χ3v) is 5.94. The number of fused-ring (bicyclic) bond motifs is 1. The van der Waals surface area contributed by atoms with Crippen LogP contribution in [0.2, 0.25) is 0 Å². The van der Waals surface area contributed by atoms with Crippen molar-refractivity contribution in [2.24, 2.45) is 5.92 Å². The van der Waals surface area contributed by atoms with Crippen LogP contribution < -0.4 is 5.32 Å². The van der Waals surface area contributed by atoms with E-state index in [1.165, 1.54) is 51.6 Å². The summed E-state index contributed by atoms with van der Waals surface area (Å²) in [5, 5.41) is 3.83. The molecule has 0 spiro atoms. The average Bonchev–Trinajstić information content (AvgIpc) is 3.39. The van der Waals surface area contributed by atoms with E-state index < -0.39 is 0 Å². The van der Waals surface area contributed by atoms with Gasteiger partial charge in [0.1, 0.15) is 0 Å². The fourth-order valence-corrected chi connectivity index (χ4v) is 4.45. The number of hydrogen-bond donors (Lipinski definition) is 1. The van der Waals surface area contributed by atoms with Crippen LogP contribution in [0.5, 0.6) is 0 Å². The summed E-state index contributed by atoms with van der Waals surface area (Å²) in [5.74, 6) is 0.973. The Hall–Kier alpha value is -0.860. The highest BCUT2D eigenvalue weighted by molar-refractivity contribution is 5.30. The fourth-order valence-electron chi connectivity index (χ4n) is 4.45. The Labute approximate surface area is 128 Å². The van der Waals surface area contributed by atoms with E-state index in [0.29, 0.717) is 0 Å². The Bertz CT molecular complexity index is 494. The molecule has 3 atom stereocenters. The van der Waals surface area contributed by atoms with Crippen molar-refractivity contribution in [2.75, 3.05) is 13.1 Å². The highest BCUT2D eigenvalue weighted by Crippen LogP contribution is 2.36. The average molecular weight is 284 g/mol. The summed E-state index contributed by atoms with van der Waals surface area (Å²) in [5.41, 5.74) is 3.20. The van der Waals surface area contributed by atoms with Gasteiger partial charge in [-0.1, -0.05) is 31.2 Å². The maximum atomic E-state index is 3.83. The van der Waals surface area contributed by atoms with E-state index in [0.717, 1.165) is 24.0 Å². The highest BCUT2D eigenvalue weighted by Gasteiger charge is 2.39. The lowest BCUT2D eigenvalue weighted by atomic mass is 9.86. The molecule has 1 saturated heterocycles. The van der Waals surface area contributed by atoms with Crippen LogP contribution >= 0.6 is 0 Å². The van der Waals surface area contributed by atoms with Gasteiger partial charge in [-0.05, 0) is 55.6 Å². The molecule has 0 radical (unpaired) electrons. The Morgan fingerprint density at radius 3 is 2.71 bits per heavy atom. The van der Waals surface area contributed by atoms with Crippen LogP contribution in [0.4, 0.5) is 0 Å². The van der Waals surface area contributed by atoms with Crippen molar-refractivity contribution in [1.29, 1.82) is 0 Å². The molecule has 1 N–H and O–H groups in total. The molecular formula is C19H28N2. The Balaban J connectivity index is 1.50. The Morgan fingerprint density at radius 2 is 1.95 bits per heavy atom. The number of aryl methyl sites for hydroxylation is 1. The van der Waals surface area contributed by atoms with Crippen molar-refractivity contribution in [3.63, 3.8) is 0 Å². The first-order valence-electron chi connectivity index (χ1n) is 8.91. The SMILES string of the molecule is CCC1CNC(C2CC2)CN1C1CCc2ccccc2C1. The second kappa shape index (κ2) is 5.73. The molecule has 4 rings (SSSR count). The quantitative estimate of drug-likeness (QED) is 0.918. The lowest BCUT2D eigenvalue weighted by Crippen LogP contribution is -2.60. The zero-order valence-electron chi connectivity index (χ0n) is 13.2. The molecule has 21 heavy (non-hydrogen) atoms. The van der Waals surface area contributed by atoms with Gasteiger partial charge in [-0.25, -0.2) is 0 Å². The maximum Gasteiger partial charge on any atom is 0.0224 e. The van der Waals surface area contributed by atoms with E-state index in [1.54, 1.807) is 11.1 Å². The Kier molecular flexibility index (Phi) is 3.76. The van der Waals surface area contributed by atoms with Crippen LogP contribution in [0.15, 0.2) is 24.3 Å². The number of piperazine rings is 1. The van der Waals surface area contributed by atoms with Crippen LogP contribution in [-0.4, -0.2) is 36.1 Å². The number of hydrogen-bond acceptors (Lipinski definition) is 2. The van der Waals surface area contributed by atoms with E-state index in [-0.39, 0.29) is 0 Å². The molecule has 2 nitrogen and oxygen atoms in total. The minimum absolute atomic E-state index is 0.746. The van der Waals surface area contributed by atoms with Gasteiger partial charge < -0.3 is 5.32 Å². The van der Waals surface area contributed by atoms with Crippen molar-refractivity contribution in [3.05, 3.63) is 35.4 Å². The standard InChI is InChI=1S/C19H28N2/c1-2-17-12-20-19(15-7-8-15)13-21(17)18-10-9-14-5-3-4-6-16(14)11-18/h3-6,15,17-20H,2,7-13H2,1H3. The van der Waals surface area contributed by atoms with Gasteiger partial charge in [0.15, 0.2) is 0 Å². The summed E-state index contributed by atoms with van der Waals surface area (Å²) in [7, 11) is 0. The molecule has 3 aliphatic rings. The van der Waals surface area contributed by atoms with Gasteiger partial charge in [0.05, 0.1) is 0 Å². The third kappa shape index (κ3) is 2.76. The predicted octanol–water partition coefficient (Wildman–Crippen LogP) is 3.01. The minimum atomic E-state index is 0.746. The molecule has 1 aromatic carbocycles. The molecule has 0 bridgehead atoms. The number of nitrogens with zero attached hydrogens (tertiary/aromatic N) is 1. The number of rotatable bonds is 3. The molecule has 1 heterocycles. The summed E-state index contributed by atoms with van der Waals surface area (Å²) in [6.45, 7) is 4.85. The van der Waals surface area contributed by atoms with Crippen LogP contribution in [0, 0.1) is 5.92 Å². The smallest absolute Gasteiger partial charge is 0.0224 e. The van der Waals surface area contributed by atoms with Gasteiger partial charge in [0.25, 0.3) is 0 Å². The molecule has 114 valence electrons. The molecule has 1 aliphatic heterocycles. The van der Waals surface area contributed by atoms with E-state index >= 15 is 0 Å².